The van der Waals surface area contributed by atoms with E-state index >= 15 is 0 Å². The molecule has 0 spiro atoms. The third-order valence-corrected chi connectivity index (χ3v) is 5.88. The minimum Gasteiger partial charge on any atom is -0.369 e. The summed E-state index contributed by atoms with van der Waals surface area (Å²) in [6, 6.07) is 6.07. The molecule has 8 heteroatoms. The number of nitrogens with two attached hydrogens (primary N) is 1. The van der Waals surface area contributed by atoms with Crippen LogP contribution >= 0.6 is 0 Å². The number of hydrogen-bond donors (Lipinski definition) is 3. The van der Waals surface area contributed by atoms with E-state index in [1.165, 1.54) is 6.42 Å². The normalized spacial score (nSPS) is 20.4. The Morgan fingerprint density at radius 1 is 1.18 bits per heavy atom. The number of amides is 2. The first-order valence-corrected chi connectivity index (χ1v) is 9.93. The van der Waals surface area contributed by atoms with E-state index in [4.69, 9.17) is 5.73 Å². The Bertz CT molecular complexity index is 836. The first-order valence-electron chi connectivity index (χ1n) is 9.93. The van der Waals surface area contributed by atoms with Crippen LogP contribution < -0.4 is 11.1 Å². The van der Waals surface area contributed by atoms with Gasteiger partial charge in [-0.05, 0) is 30.5 Å². The summed E-state index contributed by atoms with van der Waals surface area (Å²) in [6.45, 7) is 5.66. The third-order valence-electron chi connectivity index (χ3n) is 5.88. The molecule has 2 fully saturated rings. The standard InChI is InChI=1S/C20H27N6O2/c21-20(28)17(14-1-2-18-15(11-14)13-23-24-18)12-19(27)26-7-3-16(4-8-26)25-9-5-22-6-10-25/h1-2,11-13,16-17,22H,3-10H2,(H2,21,28)(H,23,24). The Labute approximate surface area is 164 Å². The molecular weight excluding hydrogens is 356 g/mol. The molecule has 1 atom stereocenters. The van der Waals surface area contributed by atoms with Crippen molar-refractivity contribution in [1.82, 2.24) is 25.3 Å². The van der Waals surface area contributed by atoms with E-state index in [9.17, 15) is 9.59 Å². The fraction of sp³-hybridized carbons (Fsp3) is 0.500. The molecular formula is C20H27N6O2. The second-order valence-electron chi connectivity index (χ2n) is 7.61. The van der Waals surface area contributed by atoms with Gasteiger partial charge in [-0.1, -0.05) is 6.07 Å². The smallest absolute Gasteiger partial charge is 0.227 e. The molecule has 2 aromatic rings. The molecule has 4 rings (SSSR count). The fourth-order valence-corrected chi connectivity index (χ4v) is 4.24. The van der Waals surface area contributed by atoms with Crippen LogP contribution in [-0.4, -0.2) is 77.1 Å². The van der Waals surface area contributed by atoms with E-state index in [1.807, 2.05) is 23.1 Å². The molecule has 3 heterocycles. The maximum Gasteiger partial charge on any atom is 0.227 e. The number of carbonyl (C=O) groups is 2. The van der Waals surface area contributed by atoms with Crippen molar-refractivity contribution in [3.05, 3.63) is 36.4 Å². The summed E-state index contributed by atoms with van der Waals surface area (Å²) >= 11 is 0. The van der Waals surface area contributed by atoms with E-state index in [-0.39, 0.29) is 5.91 Å². The van der Waals surface area contributed by atoms with Gasteiger partial charge in [-0.2, -0.15) is 5.10 Å². The molecule has 2 aliphatic heterocycles. The molecule has 149 valence electrons. The predicted octanol–water partition coefficient (Wildman–Crippen LogP) is 0.232. The molecule has 2 aliphatic rings. The second-order valence-corrected chi connectivity index (χ2v) is 7.61. The Balaban J connectivity index is 1.37. The lowest BCUT2D eigenvalue weighted by Crippen LogP contribution is -2.52. The Hall–Kier alpha value is -2.45. The van der Waals surface area contributed by atoms with Gasteiger partial charge in [0, 0.05) is 50.7 Å². The van der Waals surface area contributed by atoms with Gasteiger partial charge >= 0.3 is 0 Å². The number of piperazine rings is 1. The van der Waals surface area contributed by atoms with Crippen molar-refractivity contribution in [3.63, 3.8) is 0 Å². The zero-order valence-corrected chi connectivity index (χ0v) is 15.9. The third kappa shape index (κ3) is 4.02. The summed E-state index contributed by atoms with van der Waals surface area (Å²) in [6.07, 6.45) is 5.11. The largest absolute Gasteiger partial charge is 0.369 e. The average molecular weight is 383 g/mol. The van der Waals surface area contributed by atoms with Gasteiger partial charge in [-0.25, -0.2) is 0 Å². The number of carbonyl (C=O) groups excluding carboxylic acids is 2. The number of rotatable bonds is 5. The maximum absolute atomic E-state index is 12.8. The van der Waals surface area contributed by atoms with Gasteiger partial charge in [0.25, 0.3) is 0 Å². The average Bonchev–Trinajstić information content (AvgIpc) is 3.20. The van der Waals surface area contributed by atoms with Crippen LogP contribution in [0.15, 0.2) is 24.4 Å². The number of piperidine rings is 1. The van der Waals surface area contributed by atoms with Gasteiger partial charge in [0.15, 0.2) is 0 Å². The van der Waals surface area contributed by atoms with Crippen LogP contribution in [0.3, 0.4) is 0 Å². The van der Waals surface area contributed by atoms with Crippen LogP contribution in [-0.2, 0) is 9.59 Å². The summed E-state index contributed by atoms with van der Waals surface area (Å²) in [5.41, 5.74) is 7.20. The van der Waals surface area contributed by atoms with Crippen LogP contribution in [0.1, 0.15) is 24.3 Å². The zero-order chi connectivity index (χ0) is 19.5. The topological polar surface area (TPSA) is 107 Å². The van der Waals surface area contributed by atoms with Gasteiger partial charge in [0.2, 0.25) is 11.8 Å². The maximum atomic E-state index is 12.8. The van der Waals surface area contributed by atoms with Crippen LogP contribution in [0, 0.1) is 6.42 Å². The number of primary amides is 1. The molecule has 1 aromatic carbocycles. The van der Waals surface area contributed by atoms with Gasteiger partial charge in [0.1, 0.15) is 0 Å². The number of hydrogen-bond acceptors (Lipinski definition) is 5. The quantitative estimate of drug-likeness (QED) is 0.685. The SMILES string of the molecule is NC(=O)C([CH]C(=O)N1CCC(N2CCNCC2)CC1)c1ccc2[nH]ncc2c1. The van der Waals surface area contributed by atoms with Gasteiger partial charge < -0.3 is 16.0 Å². The highest BCUT2D eigenvalue weighted by Crippen LogP contribution is 2.25. The first-order chi connectivity index (χ1) is 13.6. The monoisotopic (exact) mass is 383 g/mol. The van der Waals surface area contributed by atoms with Crippen molar-refractivity contribution in [2.75, 3.05) is 39.3 Å². The van der Waals surface area contributed by atoms with Crippen molar-refractivity contribution in [2.45, 2.75) is 24.8 Å². The van der Waals surface area contributed by atoms with Crippen LogP contribution in [0.25, 0.3) is 10.9 Å². The highest BCUT2D eigenvalue weighted by Gasteiger charge is 2.30. The Morgan fingerprint density at radius 3 is 2.64 bits per heavy atom. The molecule has 1 unspecified atom stereocenters. The van der Waals surface area contributed by atoms with Crippen LogP contribution in [0.5, 0.6) is 0 Å². The molecule has 0 bridgehead atoms. The van der Waals surface area contributed by atoms with E-state index in [0.717, 1.165) is 63.0 Å². The molecule has 1 radical (unpaired) electrons. The first kappa shape index (κ1) is 18.9. The molecule has 28 heavy (non-hydrogen) atoms. The predicted molar refractivity (Wildman–Crippen MR) is 106 cm³/mol. The van der Waals surface area contributed by atoms with Gasteiger partial charge in [-0.15, -0.1) is 0 Å². The fourth-order valence-electron chi connectivity index (χ4n) is 4.24. The minimum atomic E-state index is -0.738. The molecule has 1 aromatic heterocycles. The van der Waals surface area contributed by atoms with E-state index in [2.05, 4.69) is 20.4 Å². The van der Waals surface area contributed by atoms with Crippen molar-refractivity contribution in [2.24, 2.45) is 5.73 Å². The van der Waals surface area contributed by atoms with Crippen LogP contribution in [0.2, 0.25) is 0 Å². The highest BCUT2D eigenvalue weighted by molar-refractivity contribution is 5.96. The Kier molecular flexibility index (Phi) is 5.59. The number of aromatic nitrogens is 2. The number of benzene rings is 1. The van der Waals surface area contributed by atoms with E-state index < -0.39 is 11.8 Å². The molecule has 0 aliphatic carbocycles. The molecule has 8 nitrogen and oxygen atoms in total. The van der Waals surface area contributed by atoms with Crippen molar-refractivity contribution in [1.29, 1.82) is 0 Å². The van der Waals surface area contributed by atoms with Crippen molar-refractivity contribution < 1.29 is 9.59 Å². The highest BCUT2D eigenvalue weighted by atomic mass is 16.2. The Morgan fingerprint density at radius 2 is 1.93 bits per heavy atom. The number of likely N-dealkylation sites (tertiary alicyclic amines) is 1. The molecule has 0 saturated carbocycles. The van der Waals surface area contributed by atoms with Gasteiger partial charge in [0.05, 0.1) is 24.1 Å². The molecule has 2 amide bonds. The zero-order valence-electron chi connectivity index (χ0n) is 15.9. The number of nitrogens with one attached hydrogen (secondary N) is 2. The lowest BCUT2D eigenvalue weighted by atomic mass is 9.93. The van der Waals surface area contributed by atoms with Crippen molar-refractivity contribution in [3.8, 4) is 0 Å². The summed E-state index contributed by atoms with van der Waals surface area (Å²) in [4.78, 5) is 29.2. The van der Waals surface area contributed by atoms with E-state index in [1.54, 1.807) is 6.20 Å². The number of aromatic amines is 1. The second kappa shape index (κ2) is 8.28. The summed E-state index contributed by atoms with van der Waals surface area (Å²) in [5, 5.41) is 11.1. The summed E-state index contributed by atoms with van der Waals surface area (Å²) in [7, 11) is 0. The summed E-state index contributed by atoms with van der Waals surface area (Å²) in [5.74, 6) is -1.38. The lowest BCUT2D eigenvalue weighted by Gasteiger charge is -2.40. The van der Waals surface area contributed by atoms with Crippen LogP contribution in [0.4, 0.5) is 0 Å². The number of fused-ring (bicyclic) bond motifs is 1. The summed E-state index contributed by atoms with van der Waals surface area (Å²) < 4.78 is 0. The number of H-pyrrole nitrogens is 1. The minimum absolute atomic E-state index is 0.116. The lowest BCUT2D eigenvalue weighted by molar-refractivity contribution is -0.131. The molecule has 4 N–H and O–H groups in total. The van der Waals surface area contributed by atoms with Gasteiger partial charge in [-0.3, -0.25) is 19.6 Å². The number of nitrogens with zero attached hydrogens (tertiary/aromatic N) is 3. The van der Waals surface area contributed by atoms with E-state index in [0.29, 0.717) is 11.6 Å². The molecule has 2 saturated heterocycles. The van der Waals surface area contributed by atoms with Crippen molar-refractivity contribution >= 4 is 22.7 Å².